The molecule has 0 radical (unpaired) electrons. The van der Waals surface area contributed by atoms with Gasteiger partial charge in [-0.3, -0.25) is 0 Å². The van der Waals surface area contributed by atoms with Crippen molar-refractivity contribution < 1.29 is 17.9 Å². The molecule has 0 amide bonds. The number of benzene rings is 1. The molecule has 0 bridgehead atoms. The molecule has 0 saturated carbocycles. The van der Waals surface area contributed by atoms with E-state index in [1.807, 2.05) is 22.8 Å². The summed E-state index contributed by atoms with van der Waals surface area (Å²) in [5.41, 5.74) is 1.25. The number of rotatable bonds is 1. The van der Waals surface area contributed by atoms with E-state index in [1.54, 1.807) is 0 Å². The second kappa shape index (κ2) is 2.89. The third kappa shape index (κ3) is 1.35. The van der Waals surface area contributed by atoms with Crippen molar-refractivity contribution in [3.05, 3.63) is 35.9 Å². The molecule has 0 atom stereocenters. The van der Waals surface area contributed by atoms with E-state index >= 15 is 0 Å². The van der Waals surface area contributed by atoms with E-state index in [0.29, 0.717) is 0 Å². The first-order valence-corrected chi connectivity index (χ1v) is 3.41. The van der Waals surface area contributed by atoms with E-state index in [4.69, 9.17) is 0 Å². The van der Waals surface area contributed by atoms with Gasteiger partial charge in [-0.1, -0.05) is 0 Å². The van der Waals surface area contributed by atoms with E-state index < -0.39 is 0 Å². The van der Waals surface area contributed by atoms with Crippen LogP contribution in [0.2, 0.25) is 0 Å². The quantitative estimate of drug-likeness (QED) is 0.588. The van der Waals surface area contributed by atoms with E-state index in [1.165, 1.54) is 5.56 Å². The molecule has 0 N–H and O–H groups in total. The van der Waals surface area contributed by atoms with E-state index in [-0.39, 0.29) is 0 Å². The molecule has 8 heavy (non-hydrogen) atoms. The zero-order valence-electron chi connectivity index (χ0n) is 4.32. The molecule has 1 heteroatoms. The molecule has 1 aromatic carbocycles. The molecule has 0 unspecified atom stereocenters. The maximum atomic E-state index is 2.48. The van der Waals surface area contributed by atoms with Gasteiger partial charge in [-0.05, 0) is 0 Å². The summed E-state index contributed by atoms with van der Waals surface area (Å²) in [6.07, 6.45) is 0. The fourth-order valence-corrected chi connectivity index (χ4v) is 0.856. The Labute approximate surface area is 58.7 Å². The van der Waals surface area contributed by atoms with Crippen LogP contribution in [-0.4, -0.2) is 4.61 Å². The van der Waals surface area contributed by atoms with Crippen LogP contribution in [0.25, 0.3) is 0 Å². The maximum absolute atomic E-state index is 2.48. The van der Waals surface area contributed by atoms with Crippen molar-refractivity contribution in [3.8, 4) is 0 Å². The minimum absolute atomic E-state index is 1.25. The van der Waals surface area contributed by atoms with Crippen LogP contribution >= 0.6 is 0 Å². The van der Waals surface area contributed by atoms with Gasteiger partial charge in [0.05, 0.1) is 0 Å². The SMILES string of the molecule is [Ru+2]=[CH]c1ccccc1. The van der Waals surface area contributed by atoms with Gasteiger partial charge >= 0.3 is 58.4 Å². The first-order chi connectivity index (χ1) is 3.93. The van der Waals surface area contributed by atoms with Crippen LogP contribution in [0.5, 0.6) is 0 Å². The molecular weight excluding hydrogens is 185 g/mol. The Balaban J connectivity index is 2.99. The fourth-order valence-electron chi connectivity index (χ4n) is 0.521. The Morgan fingerprint density at radius 1 is 1.12 bits per heavy atom. The van der Waals surface area contributed by atoms with Crippen molar-refractivity contribution >= 4 is 4.61 Å². The first-order valence-electron chi connectivity index (χ1n) is 2.40. The molecule has 1 aromatic rings. The summed E-state index contributed by atoms with van der Waals surface area (Å²) < 4.78 is 2.01. The van der Waals surface area contributed by atoms with Crippen LogP contribution in [0.15, 0.2) is 30.3 Å². The van der Waals surface area contributed by atoms with Crippen molar-refractivity contribution in [2.75, 3.05) is 0 Å². The van der Waals surface area contributed by atoms with Crippen molar-refractivity contribution in [3.63, 3.8) is 0 Å². The van der Waals surface area contributed by atoms with Gasteiger partial charge < -0.3 is 0 Å². The Morgan fingerprint density at radius 3 is 2.12 bits per heavy atom. The average molecular weight is 191 g/mol. The third-order valence-corrected chi connectivity index (χ3v) is 1.50. The molecule has 0 nitrogen and oxygen atoms in total. The second-order valence-electron chi connectivity index (χ2n) is 1.51. The standard InChI is InChI=1S/C7H6.Ru/c1-7-5-3-2-4-6-7;/h1-6H;/q;+2. The molecule has 0 spiro atoms. The van der Waals surface area contributed by atoms with Crippen molar-refractivity contribution in [1.82, 2.24) is 0 Å². The van der Waals surface area contributed by atoms with Gasteiger partial charge in [0.1, 0.15) is 0 Å². The summed E-state index contributed by atoms with van der Waals surface area (Å²) in [5, 5.41) is 0. The zero-order valence-corrected chi connectivity index (χ0v) is 6.06. The summed E-state index contributed by atoms with van der Waals surface area (Å²) in [4.78, 5) is 0. The Morgan fingerprint density at radius 2 is 1.75 bits per heavy atom. The topological polar surface area (TPSA) is 0 Å². The van der Waals surface area contributed by atoms with Crippen LogP contribution in [-0.2, 0) is 17.9 Å². The molecule has 0 aliphatic rings. The fraction of sp³-hybridized carbons (Fsp3) is 0. The predicted molar refractivity (Wildman–Crippen MR) is 31.6 cm³/mol. The molecular formula is C7H6Ru+2. The summed E-state index contributed by atoms with van der Waals surface area (Å²) in [6.45, 7) is 0. The Hall–Kier alpha value is -0.287. The summed E-state index contributed by atoms with van der Waals surface area (Å²) in [6, 6.07) is 10.2. The second-order valence-corrected chi connectivity index (χ2v) is 2.01. The molecule has 0 aromatic heterocycles. The van der Waals surface area contributed by atoms with Gasteiger partial charge in [0, 0.05) is 0 Å². The van der Waals surface area contributed by atoms with E-state index in [2.05, 4.69) is 30.0 Å². The normalized spacial score (nSPS) is 8.50. The zero-order chi connectivity index (χ0) is 5.82. The van der Waals surface area contributed by atoms with Gasteiger partial charge in [0.15, 0.2) is 0 Å². The van der Waals surface area contributed by atoms with Crippen LogP contribution in [0.4, 0.5) is 0 Å². The molecule has 0 aliphatic carbocycles. The molecule has 0 saturated heterocycles. The van der Waals surface area contributed by atoms with Crippen LogP contribution in [0.1, 0.15) is 5.56 Å². The van der Waals surface area contributed by atoms with Gasteiger partial charge in [-0.15, -0.1) is 0 Å². The summed E-state index contributed by atoms with van der Waals surface area (Å²) >= 11 is 2.48. The Bertz CT molecular complexity index is 167. The summed E-state index contributed by atoms with van der Waals surface area (Å²) in [5.74, 6) is 0. The van der Waals surface area contributed by atoms with Crippen LogP contribution in [0.3, 0.4) is 0 Å². The first kappa shape index (κ1) is 5.84. The van der Waals surface area contributed by atoms with E-state index in [9.17, 15) is 0 Å². The van der Waals surface area contributed by atoms with Crippen LogP contribution in [0, 0.1) is 0 Å². The predicted octanol–water partition coefficient (Wildman–Crippen LogP) is 1.38. The summed E-state index contributed by atoms with van der Waals surface area (Å²) in [7, 11) is 0. The van der Waals surface area contributed by atoms with Crippen molar-refractivity contribution in [1.29, 1.82) is 0 Å². The molecule has 0 heterocycles. The molecule has 40 valence electrons. The van der Waals surface area contributed by atoms with Crippen molar-refractivity contribution in [2.45, 2.75) is 0 Å². The molecule has 0 aliphatic heterocycles. The molecule has 1 rings (SSSR count). The number of hydrogen-bond acceptors (Lipinski definition) is 0. The molecule has 0 fully saturated rings. The number of hydrogen-bond donors (Lipinski definition) is 0. The van der Waals surface area contributed by atoms with Gasteiger partial charge in [-0.25, -0.2) is 0 Å². The third-order valence-electron chi connectivity index (χ3n) is 0.917. The van der Waals surface area contributed by atoms with Crippen molar-refractivity contribution in [2.24, 2.45) is 0 Å². The van der Waals surface area contributed by atoms with Gasteiger partial charge in [0.2, 0.25) is 0 Å². The van der Waals surface area contributed by atoms with Crippen LogP contribution < -0.4 is 0 Å². The minimum atomic E-state index is 1.25. The van der Waals surface area contributed by atoms with Gasteiger partial charge in [0.25, 0.3) is 0 Å². The van der Waals surface area contributed by atoms with E-state index in [0.717, 1.165) is 0 Å². The monoisotopic (exact) mass is 192 g/mol. The van der Waals surface area contributed by atoms with Gasteiger partial charge in [-0.2, -0.15) is 0 Å². The Kier molecular flexibility index (Phi) is 2.11. The average Bonchev–Trinajstić information content (AvgIpc) is 1.90.